The van der Waals surface area contributed by atoms with Crippen LogP contribution in [0.5, 0.6) is 0 Å². The van der Waals surface area contributed by atoms with Gasteiger partial charge < -0.3 is 10.1 Å². The second kappa shape index (κ2) is 13.3. The van der Waals surface area contributed by atoms with E-state index >= 15 is 0 Å². The standard InChI is InChI=1S/C32H33F6N5O2/c1-5-25-15-26(42(18-39)17-22-12-23(31(33,34)35)14-24(13-22)32(36,37)38)28-27(43(25)30(44)45-19(2)3)11-20(4)29(41-28)40-16-21-9-7-6-8-10-21/h6-14,19,25-26H,5,15-17H2,1-4H3,(H,40,41)/t25-,26+/m1/s1. The Morgan fingerprint density at radius 3 is 2.22 bits per heavy atom. The third-order valence-electron chi connectivity index (χ3n) is 7.47. The second-order valence-electron chi connectivity index (χ2n) is 11.2. The minimum atomic E-state index is -5.03. The topological polar surface area (TPSA) is 81.5 Å². The fourth-order valence-electron chi connectivity index (χ4n) is 5.34. The van der Waals surface area contributed by atoms with Gasteiger partial charge in [-0.05, 0) is 74.6 Å². The van der Waals surface area contributed by atoms with Gasteiger partial charge in [-0.1, -0.05) is 37.3 Å². The lowest BCUT2D eigenvalue weighted by Crippen LogP contribution is -2.48. The summed E-state index contributed by atoms with van der Waals surface area (Å²) in [5, 5.41) is 13.5. The molecular weight excluding hydrogens is 600 g/mol. The molecule has 0 radical (unpaired) electrons. The number of aryl methyl sites for hydroxylation is 1. The molecule has 0 saturated heterocycles. The monoisotopic (exact) mass is 633 g/mol. The lowest BCUT2D eigenvalue weighted by molar-refractivity contribution is -0.143. The first-order chi connectivity index (χ1) is 21.1. The molecule has 4 rings (SSSR count). The molecule has 0 spiro atoms. The number of benzene rings is 2. The molecule has 3 aromatic rings. The predicted molar refractivity (Wildman–Crippen MR) is 156 cm³/mol. The van der Waals surface area contributed by atoms with Crippen molar-refractivity contribution in [1.82, 2.24) is 9.88 Å². The first-order valence-corrected chi connectivity index (χ1v) is 14.4. The number of amides is 1. The highest BCUT2D eigenvalue weighted by Crippen LogP contribution is 2.43. The maximum absolute atomic E-state index is 13.6. The summed E-state index contributed by atoms with van der Waals surface area (Å²) in [6.45, 7) is 6.88. The minimum absolute atomic E-state index is 0.0521. The summed E-state index contributed by atoms with van der Waals surface area (Å²) in [7, 11) is 0. The van der Waals surface area contributed by atoms with Crippen molar-refractivity contribution in [2.24, 2.45) is 0 Å². The third kappa shape index (κ3) is 7.79. The zero-order valence-corrected chi connectivity index (χ0v) is 25.1. The Bertz CT molecular complexity index is 1520. The number of hydrogen-bond acceptors (Lipinski definition) is 6. The van der Waals surface area contributed by atoms with Crippen molar-refractivity contribution in [2.75, 3.05) is 10.2 Å². The van der Waals surface area contributed by atoms with E-state index in [1.165, 1.54) is 4.90 Å². The minimum Gasteiger partial charge on any atom is -0.446 e. The molecule has 0 fully saturated rings. The molecule has 240 valence electrons. The summed E-state index contributed by atoms with van der Waals surface area (Å²) >= 11 is 0. The maximum Gasteiger partial charge on any atom is 0.416 e. The highest BCUT2D eigenvalue weighted by Gasteiger charge is 2.41. The van der Waals surface area contributed by atoms with Crippen molar-refractivity contribution in [3.63, 3.8) is 0 Å². The largest absolute Gasteiger partial charge is 0.446 e. The Kier molecular flexibility index (Phi) is 9.85. The van der Waals surface area contributed by atoms with E-state index in [9.17, 15) is 36.4 Å². The van der Waals surface area contributed by atoms with Crippen molar-refractivity contribution in [2.45, 2.75) is 84.2 Å². The third-order valence-corrected chi connectivity index (χ3v) is 7.47. The maximum atomic E-state index is 13.6. The number of pyridine rings is 1. The second-order valence-corrected chi connectivity index (χ2v) is 11.2. The number of nitriles is 1. The van der Waals surface area contributed by atoms with Gasteiger partial charge in [0.05, 0.1) is 41.2 Å². The SMILES string of the molecule is CC[C@@H]1C[C@H](N(C#N)Cc2cc(C(F)(F)F)cc(C(F)(F)F)c2)c2nc(NCc3ccccc3)c(C)cc2N1C(=O)OC(C)C. The number of nitrogens with one attached hydrogen (secondary N) is 1. The fraction of sp³-hybridized carbons (Fsp3) is 0.406. The van der Waals surface area contributed by atoms with Crippen LogP contribution in [0.25, 0.3) is 0 Å². The van der Waals surface area contributed by atoms with Gasteiger partial charge in [0.15, 0.2) is 6.19 Å². The van der Waals surface area contributed by atoms with Crippen LogP contribution in [0.3, 0.4) is 0 Å². The number of halogens is 6. The van der Waals surface area contributed by atoms with Gasteiger partial charge in [0.2, 0.25) is 0 Å². The van der Waals surface area contributed by atoms with E-state index in [-0.39, 0.29) is 23.7 Å². The van der Waals surface area contributed by atoms with Crippen molar-refractivity contribution >= 4 is 17.6 Å². The zero-order chi connectivity index (χ0) is 33.1. The summed E-state index contributed by atoms with van der Waals surface area (Å²) in [5.41, 5.74) is -1.01. The molecule has 13 heteroatoms. The van der Waals surface area contributed by atoms with E-state index in [1.54, 1.807) is 26.8 Å². The van der Waals surface area contributed by atoms with Crippen LogP contribution in [-0.4, -0.2) is 28.1 Å². The highest BCUT2D eigenvalue weighted by atomic mass is 19.4. The van der Waals surface area contributed by atoms with E-state index in [2.05, 4.69) is 5.32 Å². The van der Waals surface area contributed by atoms with Gasteiger partial charge in [-0.15, -0.1) is 0 Å². The molecule has 0 bridgehead atoms. The van der Waals surface area contributed by atoms with Crippen molar-refractivity contribution in [3.8, 4) is 6.19 Å². The van der Waals surface area contributed by atoms with E-state index < -0.39 is 54.3 Å². The summed E-state index contributed by atoms with van der Waals surface area (Å²) in [4.78, 5) is 20.7. The van der Waals surface area contributed by atoms with E-state index in [0.717, 1.165) is 10.5 Å². The Morgan fingerprint density at radius 1 is 1.07 bits per heavy atom. The average molecular weight is 634 g/mol. The predicted octanol–water partition coefficient (Wildman–Crippen LogP) is 8.60. The van der Waals surface area contributed by atoms with Crippen molar-refractivity contribution < 1.29 is 35.9 Å². The summed E-state index contributed by atoms with van der Waals surface area (Å²) in [6, 6.07) is 11.1. The molecular formula is C32H33F6N5O2. The van der Waals surface area contributed by atoms with Crippen LogP contribution in [0.4, 0.5) is 42.6 Å². The van der Waals surface area contributed by atoms with Gasteiger partial charge in [0, 0.05) is 12.6 Å². The first-order valence-electron chi connectivity index (χ1n) is 14.4. The quantitative estimate of drug-likeness (QED) is 0.152. The van der Waals surface area contributed by atoms with E-state index in [4.69, 9.17) is 9.72 Å². The van der Waals surface area contributed by atoms with Crippen molar-refractivity contribution in [3.05, 3.63) is 88.1 Å². The molecule has 0 unspecified atom stereocenters. The van der Waals surface area contributed by atoms with E-state index in [0.29, 0.717) is 42.2 Å². The molecule has 1 aromatic heterocycles. The summed E-state index contributed by atoms with van der Waals surface area (Å²) < 4.78 is 87.0. The fourth-order valence-corrected chi connectivity index (χ4v) is 5.34. The Balaban J connectivity index is 1.80. The van der Waals surface area contributed by atoms with E-state index in [1.807, 2.05) is 43.4 Å². The number of carbonyl (C=O) groups excluding carboxylic acids is 1. The zero-order valence-electron chi connectivity index (χ0n) is 25.1. The molecule has 45 heavy (non-hydrogen) atoms. The van der Waals surface area contributed by atoms with Crippen LogP contribution in [0.2, 0.25) is 0 Å². The van der Waals surface area contributed by atoms with Crippen LogP contribution in [0.1, 0.15) is 73.2 Å². The Hall–Kier alpha value is -4.47. The van der Waals surface area contributed by atoms with Crippen molar-refractivity contribution in [1.29, 1.82) is 5.26 Å². The number of aromatic nitrogens is 1. The highest BCUT2D eigenvalue weighted by molar-refractivity contribution is 5.90. The number of rotatable bonds is 8. The van der Waals surface area contributed by atoms with Gasteiger partial charge in [0.25, 0.3) is 0 Å². The molecule has 2 heterocycles. The normalized spacial score (nSPS) is 16.6. The molecule has 0 saturated carbocycles. The van der Waals surface area contributed by atoms with Gasteiger partial charge in [-0.2, -0.15) is 31.6 Å². The van der Waals surface area contributed by atoms with Crippen LogP contribution in [-0.2, 0) is 30.2 Å². The number of nitrogens with zero attached hydrogens (tertiary/aromatic N) is 4. The number of hydrogen-bond donors (Lipinski definition) is 1. The smallest absolute Gasteiger partial charge is 0.416 e. The molecule has 1 N–H and O–H groups in total. The van der Waals surface area contributed by atoms with Gasteiger partial charge >= 0.3 is 18.4 Å². The van der Waals surface area contributed by atoms with Gasteiger partial charge in [-0.3, -0.25) is 9.80 Å². The lowest BCUT2D eigenvalue weighted by Gasteiger charge is -2.42. The number of ether oxygens (including phenoxy) is 1. The van der Waals surface area contributed by atoms with Crippen LogP contribution in [0.15, 0.2) is 54.6 Å². The molecule has 7 nitrogen and oxygen atoms in total. The number of anilines is 2. The number of fused-ring (bicyclic) bond motifs is 1. The molecule has 2 aromatic carbocycles. The molecule has 1 amide bonds. The van der Waals surface area contributed by atoms with Crippen LogP contribution < -0.4 is 10.2 Å². The average Bonchev–Trinajstić information content (AvgIpc) is 2.97. The summed E-state index contributed by atoms with van der Waals surface area (Å²) in [5.74, 6) is 0.450. The summed E-state index contributed by atoms with van der Waals surface area (Å²) in [6.07, 6.45) is -8.61. The lowest BCUT2D eigenvalue weighted by atomic mass is 9.91. The van der Waals surface area contributed by atoms with Gasteiger partial charge in [-0.25, -0.2) is 9.78 Å². The number of carbonyl (C=O) groups is 1. The molecule has 0 aliphatic carbocycles. The Labute approximate surface area is 257 Å². The van der Waals surface area contributed by atoms with Gasteiger partial charge in [0.1, 0.15) is 5.82 Å². The molecule has 1 aliphatic heterocycles. The van der Waals surface area contributed by atoms with Crippen LogP contribution in [0, 0.1) is 18.4 Å². The first kappa shape index (κ1) is 33.4. The van der Waals surface area contributed by atoms with Crippen LogP contribution >= 0.6 is 0 Å². The number of alkyl halides is 6. The molecule has 1 aliphatic rings. The Morgan fingerprint density at radius 2 is 1.69 bits per heavy atom. The molecule has 2 atom stereocenters.